The number of para-hydroxylation sites is 1. The van der Waals surface area contributed by atoms with Gasteiger partial charge in [0.25, 0.3) is 0 Å². The molecule has 150 valence electrons. The smallest absolute Gasteiger partial charge is 0.243 e. The Kier molecular flexibility index (Phi) is 4.73. The Morgan fingerprint density at radius 1 is 1.03 bits per heavy atom. The standard InChI is InChI=1S/C24H20IN3O2/c1-3-27-21-10-5-4-9-19(21)20-14-16(11-12-22(20)27)23-26-28(15(2)29)24(30-23)17-7-6-8-18(25)13-17/h4-14,24H,3H2,1-2H3/t24-/m0/s1. The normalized spacial score (nSPS) is 16.2. The number of fused-ring (bicyclic) bond motifs is 3. The molecule has 2 heterocycles. The number of nitrogens with zero attached hydrogens (tertiary/aromatic N) is 3. The molecule has 0 N–H and O–H groups in total. The van der Waals surface area contributed by atoms with Crippen LogP contribution in [0.25, 0.3) is 21.8 Å². The maximum atomic E-state index is 12.3. The first kappa shape index (κ1) is 19.1. The van der Waals surface area contributed by atoms with Gasteiger partial charge in [0.1, 0.15) is 0 Å². The van der Waals surface area contributed by atoms with Gasteiger partial charge in [0.05, 0.1) is 0 Å². The molecular formula is C24H20IN3O2. The summed E-state index contributed by atoms with van der Waals surface area (Å²) in [6.45, 7) is 4.56. The molecule has 1 aromatic heterocycles. The third-order valence-corrected chi connectivity index (χ3v) is 6.11. The Hall–Kier alpha value is -2.87. The van der Waals surface area contributed by atoms with Crippen molar-refractivity contribution in [1.29, 1.82) is 0 Å². The van der Waals surface area contributed by atoms with Crippen LogP contribution in [-0.4, -0.2) is 21.4 Å². The van der Waals surface area contributed by atoms with Gasteiger partial charge in [0, 0.05) is 50.0 Å². The minimum absolute atomic E-state index is 0.155. The van der Waals surface area contributed by atoms with E-state index in [4.69, 9.17) is 4.74 Å². The highest BCUT2D eigenvalue weighted by Crippen LogP contribution is 2.34. The summed E-state index contributed by atoms with van der Waals surface area (Å²) in [6, 6.07) is 22.6. The van der Waals surface area contributed by atoms with E-state index in [9.17, 15) is 4.79 Å². The molecule has 0 aliphatic carbocycles. The van der Waals surface area contributed by atoms with Gasteiger partial charge in [0.15, 0.2) is 0 Å². The zero-order valence-corrected chi connectivity index (χ0v) is 18.8. The van der Waals surface area contributed by atoms with Gasteiger partial charge < -0.3 is 9.30 Å². The van der Waals surface area contributed by atoms with Crippen LogP contribution in [0, 0.1) is 3.57 Å². The van der Waals surface area contributed by atoms with Gasteiger partial charge in [-0.2, -0.15) is 5.01 Å². The van der Waals surface area contributed by atoms with Crippen molar-refractivity contribution in [1.82, 2.24) is 9.58 Å². The molecule has 5 rings (SSSR count). The van der Waals surface area contributed by atoms with Crippen molar-refractivity contribution in [3.05, 3.63) is 81.4 Å². The summed E-state index contributed by atoms with van der Waals surface area (Å²) >= 11 is 2.26. The Labute approximate surface area is 188 Å². The predicted octanol–water partition coefficient (Wildman–Crippen LogP) is 5.66. The zero-order valence-electron chi connectivity index (χ0n) is 16.7. The highest BCUT2D eigenvalue weighted by atomic mass is 127. The lowest BCUT2D eigenvalue weighted by atomic mass is 10.1. The number of ether oxygens (including phenoxy) is 1. The van der Waals surface area contributed by atoms with Crippen molar-refractivity contribution in [3.63, 3.8) is 0 Å². The lowest BCUT2D eigenvalue weighted by Gasteiger charge is -2.19. The second kappa shape index (κ2) is 7.43. The number of halogens is 1. The number of aryl methyl sites for hydroxylation is 1. The van der Waals surface area contributed by atoms with Crippen LogP contribution in [0.5, 0.6) is 0 Å². The summed E-state index contributed by atoms with van der Waals surface area (Å²) in [5.41, 5.74) is 4.16. The van der Waals surface area contributed by atoms with E-state index >= 15 is 0 Å². The van der Waals surface area contributed by atoms with Gasteiger partial charge in [-0.3, -0.25) is 4.79 Å². The van der Waals surface area contributed by atoms with Crippen LogP contribution in [-0.2, 0) is 16.1 Å². The van der Waals surface area contributed by atoms with Crippen molar-refractivity contribution in [3.8, 4) is 0 Å². The second-order valence-corrected chi connectivity index (χ2v) is 8.53. The Balaban J connectivity index is 1.60. The largest absolute Gasteiger partial charge is 0.446 e. The first-order chi connectivity index (χ1) is 14.6. The van der Waals surface area contributed by atoms with Crippen molar-refractivity contribution in [2.24, 2.45) is 5.10 Å². The molecule has 3 aromatic carbocycles. The van der Waals surface area contributed by atoms with Crippen LogP contribution in [0.15, 0.2) is 71.8 Å². The number of rotatable bonds is 3. The van der Waals surface area contributed by atoms with Gasteiger partial charge in [-0.05, 0) is 65.9 Å². The lowest BCUT2D eigenvalue weighted by molar-refractivity contribution is -0.135. The minimum atomic E-state index is -0.556. The van der Waals surface area contributed by atoms with Crippen LogP contribution in [0.1, 0.15) is 31.2 Å². The van der Waals surface area contributed by atoms with E-state index in [1.807, 2.05) is 30.3 Å². The first-order valence-electron chi connectivity index (χ1n) is 9.88. The van der Waals surface area contributed by atoms with Gasteiger partial charge in [-0.25, -0.2) is 0 Å². The van der Waals surface area contributed by atoms with Gasteiger partial charge in [-0.1, -0.05) is 30.3 Å². The van der Waals surface area contributed by atoms with E-state index in [0.717, 1.165) is 26.6 Å². The van der Waals surface area contributed by atoms with E-state index in [0.29, 0.717) is 5.90 Å². The zero-order chi connectivity index (χ0) is 20.8. The van der Waals surface area contributed by atoms with E-state index in [-0.39, 0.29) is 5.91 Å². The molecule has 1 amide bonds. The first-order valence-corrected chi connectivity index (χ1v) is 11.0. The van der Waals surface area contributed by atoms with Crippen LogP contribution in [0.4, 0.5) is 0 Å². The number of benzene rings is 3. The molecule has 1 aliphatic heterocycles. The van der Waals surface area contributed by atoms with Crippen LogP contribution >= 0.6 is 22.6 Å². The molecule has 0 fully saturated rings. The number of carbonyl (C=O) groups excluding carboxylic acids is 1. The number of hydrazone groups is 1. The molecule has 1 aliphatic rings. The van der Waals surface area contributed by atoms with Crippen LogP contribution in [0.2, 0.25) is 0 Å². The third-order valence-electron chi connectivity index (χ3n) is 5.44. The predicted molar refractivity (Wildman–Crippen MR) is 127 cm³/mol. The summed E-state index contributed by atoms with van der Waals surface area (Å²) in [5, 5.41) is 8.30. The third kappa shape index (κ3) is 3.06. The fourth-order valence-corrected chi connectivity index (χ4v) is 4.65. The van der Waals surface area contributed by atoms with Crippen molar-refractivity contribution in [2.45, 2.75) is 26.6 Å². The molecule has 30 heavy (non-hydrogen) atoms. The number of aromatic nitrogens is 1. The van der Waals surface area contributed by atoms with Gasteiger partial charge in [0.2, 0.25) is 18.0 Å². The summed E-state index contributed by atoms with van der Waals surface area (Å²) in [4.78, 5) is 12.3. The van der Waals surface area contributed by atoms with Gasteiger partial charge >= 0.3 is 0 Å². The van der Waals surface area contributed by atoms with Gasteiger partial charge in [-0.15, -0.1) is 5.10 Å². The summed E-state index contributed by atoms with van der Waals surface area (Å²) < 4.78 is 9.59. The number of hydrogen-bond donors (Lipinski definition) is 0. The molecule has 5 nitrogen and oxygen atoms in total. The number of amides is 1. The summed E-state index contributed by atoms with van der Waals surface area (Å²) in [7, 11) is 0. The highest BCUT2D eigenvalue weighted by Gasteiger charge is 2.33. The van der Waals surface area contributed by atoms with Crippen molar-refractivity contribution in [2.75, 3.05) is 0 Å². The fraction of sp³-hybridized carbons (Fsp3) is 0.167. The summed E-state index contributed by atoms with van der Waals surface area (Å²) in [6.07, 6.45) is -0.556. The molecule has 0 radical (unpaired) electrons. The molecule has 4 aromatic rings. The average molecular weight is 509 g/mol. The average Bonchev–Trinajstić information content (AvgIpc) is 3.33. The molecule has 1 atom stereocenters. The molecule has 0 saturated carbocycles. The molecule has 6 heteroatoms. The maximum Gasteiger partial charge on any atom is 0.243 e. The van der Waals surface area contributed by atoms with E-state index < -0.39 is 6.23 Å². The molecule has 0 saturated heterocycles. The highest BCUT2D eigenvalue weighted by molar-refractivity contribution is 14.1. The number of carbonyl (C=O) groups is 1. The summed E-state index contributed by atoms with van der Waals surface area (Å²) in [5.74, 6) is 0.307. The molecule has 0 bridgehead atoms. The lowest BCUT2D eigenvalue weighted by Crippen LogP contribution is -2.25. The Morgan fingerprint density at radius 2 is 1.83 bits per heavy atom. The number of hydrogen-bond acceptors (Lipinski definition) is 3. The molecule has 0 unspecified atom stereocenters. The molecular weight excluding hydrogens is 489 g/mol. The molecule has 0 spiro atoms. The van der Waals surface area contributed by atoms with Crippen molar-refractivity contribution >= 4 is 56.2 Å². The second-order valence-electron chi connectivity index (χ2n) is 7.29. The monoisotopic (exact) mass is 509 g/mol. The van der Waals surface area contributed by atoms with Crippen molar-refractivity contribution < 1.29 is 9.53 Å². The SMILES string of the molecule is CCn1c2ccccc2c2cc(C3=NN(C(C)=O)[C@H](c4cccc(I)c4)O3)ccc21. The fourth-order valence-electron chi connectivity index (χ4n) is 4.09. The van der Waals surface area contributed by atoms with E-state index in [1.165, 1.54) is 28.4 Å². The topological polar surface area (TPSA) is 46.8 Å². The maximum absolute atomic E-state index is 12.3. The van der Waals surface area contributed by atoms with E-state index in [1.54, 1.807) is 0 Å². The Morgan fingerprint density at radius 3 is 2.60 bits per heavy atom. The van der Waals surface area contributed by atoms with Crippen LogP contribution < -0.4 is 0 Å². The van der Waals surface area contributed by atoms with Crippen LogP contribution in [0.3, 0.4) is 0 Å². The van der Waals surface area contributed by atoms with E-state index in [2.05, 4.69) is 75.6 Å². The minimum Gasteiger partial charge on any atom is -0.446 e. The Bertz CT molecular complexity index is 1320. The quantitative estimate of drug-likeness (QED) is 0.335.